The molecule has 5 aromatic rings. The van der Waals surface area contributed by atoms with Gasteiger partial charge in [0.15, 0.2) is 17.5 Å². The molecular formula is C27H20N4. The molecule has 1 aliphatic carbocycles. The second-order valence-corrected chi connectivity index (χ2v) is 7.76. The van der Waals surface area contributed by atoms with Crippen LogP contribution in [0.15, 0.2) is 91.0 Å². The third-order valence-corrected chi connectivity index (χ3v) is 5.73. The Balaban J connectivity index is 1.54. The SMILES string of the molecule is C1=CCCC(c2nc(-c3ccccc3)nc(-c3ccc4c(c3)[nH]c3ccccc34)n2)=C1. The highest BCUT2D eigenvalue weighted by molar-refractivity contribution is 6.08. The van der Waals surface area contributed by atoms with Gasteiger partial charge in [-0.25, -0.2) is 15.0 Å². The van der Waals surface area contributed by atoms with Gasteiger partial charge in [-0.15, -0.1) is 0 Å². The fourth-order valence-electron chi connectivity index (χ4n) is 4.15. The second kappa shape index (κ2) is 7.33. The maximum absolute atomic E-state index is 4.88. The van der Waals surface area contributed by atoms with E-state index in [1.165, 1.54) is 10.8 Å². The molecule has 6 rings (SSSR count). The molecule has 148 valence electrons. The first-order valence-corrected chi connectivity index (χ1v) is 10.5. The Kier molecular flexibility index (Phi) is 4.20. The van der Waals surface area contributed by atoms with Crippen LogP contribution in [-0.4, -0.2) is 19.9 Å². The number of hydrogen-bond donors (Lipinski definition) is 1. The van der Waals surface area contributed by atoms with Crippen molar-refractivity contribution in [2.75, 3.05) is 0 Å². The molecule has 0 saturated carbocycles. The number of H-pyrrole nitrogens is 1. The van der Waals surface area contributed by atoms with Gasteiger partial charge >= 0.3 is 0 Å². The molecule has 1 aliphatic rings. The van der Waals surface area contributed by atoms with Crippen LogP contribution in [-0.2, 0) is 0 Å². The number of fused-ring (bicyclic) bond motifs is 3. The van der Waals surface area contributed by atoms with Crippen molar-refractivity contribution >= 4 is 27.4 Å². The first-order valence-electron chi connectivity index (χ1n) is 10.5. The van der Waals surface area contributed by atoms with E-state index < -0.39 is 0 Å². The minimum Gasteiger partial charge on any atom is -0.354 e. The number of nitrogens with zero attached hydrogens (tertiary/aromatic N) is 3. The molecule has 2 heterocycles. The largest absolute Gasteiger partial charge is 0.354 e. The molecule has 0 aliphatic heterocycles. The van der Waals surface area contributed by atoms with Gasteiger partial charge in [-0.3, -0.25) is 0 Å². The Morgan fingerprint density at radius 1 is 0.645 bits per heavy atom. The van der Waals surface area contributed by atoms with Crippen LogP contribution < -0.4 is 0 Å². The van der Waals surface area contributed by atoms with Crippen molar-refractivity contribution in [3.05, 3.63) is 96.8 Å². The van der Waals surface area contributed by atoms with Crippen molar-refractivity contribution in [1.82, 2.24) is 19.9 Å². The summed E-state index contributed by atoms with van der Waals surface area (Å²) in [6.45, 7) is 0. The minimum atomic E-state index is 0.694. The molecule has 0 unspecified atom stereocenters. The fraction of sp³-hybridized carbons (Fsp3) is 0.0741. The average Bonchev–Trinajstić information content (AvgIpc) is 3.23. The Hall–Kier alpha value is -4.05. The first-order chi connectivity index (χ1) is 15.3. The molecule has 3 aromatic carbocycles. The van der Waals surface area contributed by atoms with Crippen LogP contribution in [0.2, 0.25) is 0 Å². The molecule has 0 spiro atoms. The summed E-state index contributed by atoms with van der Waals surface area (Å²) >= 11 is 0. The topological polar surface area (TPSA) is 54.5 Å². The predicted octanol–water partition coefficient (Wildman–Crippen LogP) is 6.57. The number of para-hydroxylation sites is 1. The molecular weight excluding hydrogens is 380 g/mol. The van der Waals surface area contributed by atoms with E-state index >= 15 is 0 Å². The van der Waals surface area contributed by atoms with Gasteiger partial charge in [0.1, 0.15) is 0 Å². The van der Waals surface area contributed by atoms with Crippen molar-refractivity contribution in [3.63, 3.8) is 0 Å². The van der Waals surface area contributed by atoms with Gasteiger partial charge in [0.05, 0.1) is 0 Å². The van der Waals surface area contributed by atoms with Gasteiger partial charge in [0.25, 0.3) is 0 Å². The maximum atomic E-state index is 4.88. The Bertz CT molecular complexity index is 1480. The molecule has 0 fully saturated rings. The number of allylic oxidation sites excluding steroid dienone is 4. The van der Waals surface area contributed by atoms with Gasteiger partial charge in [0.2, 0.25) is 0 Å². The summed E-state index contributed by atoms with van der Waals surface area (Å²) in [6, 6.07) is 24.9. The molecule has 0 atom stereocenters. The number of rotatable bonds is 3. The van der Waals surface area contributed by atoms with Gasteiger partial charge in [-0.2, -0.15) is 0 Å². The average molecular weight is 400 g/mol. The van der Waals surface area contributed by atoms with Crippen LogP contribution in [0.3, 0.4) is 0 Å². The maximum Gasteiger partial charge on any atom is 0.164 e. The van der Waals surface area contributed by atoms with E-state index in [1.807, 2.05) is 30.3 Å². The van der Waals surface area contributed by atoms with Crippen molar-refractivity contribution in [2.24, 2.45) is 0 Å². The number of hydrogen-bond acceptors (Lipinski definition) is 3. The van der Waals surface area contributed by atoms with Crippen molar-refractivity contribution in [3.8, 4) is 22.8 Å². The van der Waals surface area contributed by atoms with Crippen LogP contribution in [0.5, 0.6) is 0 Å². The van der Waals surface area contributed by atoms with Crippen molar-refractivity contribution in [1.29, 1.82) is 0 Å². The monoisotopic (exact) mass is 400 g/mol. The molecule has 1 N–H and O–H groups in total. The zero-order chi connectivity index (χ0) is 20.6. The number of nitrogens with one attached hydrogen (secondary N) is 1. The lowest BCUT2D eigenvalue weighted by Crippen LogP contribution is -2.03. The lowest BCUT2D eigenvalue weighted by molar-refractivity contribution is 0.978. The summed E-state index contributed by atoms with van der Waals surface area (Å²) < 4.78 is 0. The summed E-state index contributed by atoms with van der Waals surface area (Å²) in [5.74, 6) is 2.15. The quantitative estimate of drug-likeness (QED) is 0.372. The highest BCUT2D eigenvalue weighted by atomic mass is 15.0. The summed E-state index contributed by atoms with van der Waals surface area (Å²) in [4.78, 5) is 18.1. The molecule has 0 amide bonds. The van der Waals surface area contributed by atoms with E-state index in [4.69, 9.17) is 15.0 Å². The Labute approximate surface area is 180 Å². The second-order valence-electron chi connectivity index (χ2n) is 7.76. The first kappa shape index (κ1) is 17.8. The number of aromatic amines is 1. The van der Waals surface area contributed by atoms with Crippen molar-refractivity contribution in [2.45, 2.75) is 12.8 Å². The van der Waals surface area contributed by atoms with Gasteiger partial charge < -0.3 is 4.98 Å². The highest BCUT2D eigenvalue weighted by Gasteiger charge is 2.15. The third kappa shape index (κ3) is 3.22. The third-order valence-electron chi connectivity index (χ3n) is 5.73. The van der Waals surface area contributed by atoms with Gasteiger partial charge in [-0.1, -0.05) is 78.9 Å². The van der Waals surface area contributed by atoms with Crippen LogP contribution >= 0.6 is 0 Å². The van der Waals surface area contributed by atoms with Crippen LogP contribution in [0.4, 0.5) is 0 Å². The van der Waals surface area contributed by atoms with E-state index in [0.717, 1.165) is 46.4 Å². The summed E-state index contributed by atoms with van der Waals surface area (Å²) in [5, 5.41) is 2.43. The van der Waals surface area contributed by atoms with E-state index in [9.17, 15) is 0 Å². The highest BCUT2D eigenvalue weighted by Crippen LogP contribution is 2.30. The van der Waals surface area contributed by atoms with E-state index in [0.29, 0.717) is 11.6 Å². The minimum absolute atomic E-state index is 0.694. The van der Waals surface area contributed by atoms with Crippen LogP contribution in [0, 0.1) is 0 Å². The zero-order valence-electron chi connectivity index (χ0n) is 16.9. The summed E-state index contributed by atoms with van der Waals surface area (Å²) in [6.07, 6.45) is 8.32. The van der Waals surface area contributed by atoms with Gasteiger partial charge in [-0.05, 0) is 30.5 Å². The molecule has 0 radical (unpaired) electrons. The van der Waals surface area contributed by atoms with E-state index in [-0.39, 0.29) is 0 Å². The molecule has 0 saturated heterocycles. The lowest BCUT2D eigenvalue weighted by Gasteiger charge is -2.11. The Morgan fingerprint density at radius 3 is 2.23 bits per heavy atom. The van der Waals surface area contributed by atoms with Crippen molar-refractivity contribution < 1.29 is 0 Å². The van der Waals surface area contributed by atoms with Gasteiger partial charge in [0, 0.05) is 32.9 Å². The Morgan fingerprint density at radius 2 is 1.39 bits per heavy atom. The number of aromatic nitrogens is 4. The molecule has 0 bridgehead atoms. The van der Waals surface area contributed by atoms with E-state index in [2.05, 4.69) is 65.7 Å². The summed E-state index contributed by atoms with van der Waals surface area (Å²) in [5.41, 5.74) is 5.34. The standard InChI is InChI=1S/C27H20N4/c1-3-9-18(10-4-1)25-29-26(19-11-5-2-6-12-19)31-27(30-25)20-15-16-22-21-13-7-8-14-23(21)28-24(22)17-20/h1-5,7-11,13-17,28H,6,12H2. The smallest absolute Gasteiger partial charge is 0.164 e. The molecule has 2 aromatic heterocycles. The molecule has 31 heavy (non-hydrogen) atoms. The number of benzene rings is 3. The van der Waals surface area contributed by atoms with Crippen LogP contribution in [0.1, 0.15) is 18.7 Å². The predicted molar refractivity (Wildman–Crippen MR) is 126 cm³/mol. The zero-order valence-corrected chi connectivity index (χ0v) is 16.9. The lowest BCUT2D eigenvalue weighted by atomic mass is 10.0. The van der Waals surface area contributed by atoms with Crippen LogP contribution in [0.25, 0.3) is 50.2 Å². The summed E-state index contributed by atoms with van der Waals surface area (Å²) in [7, 11) is 0. The fourth-order valence-corrected chi connectivity index (χ4v) is 4.15. The van der Waals surface area contributed by atoms with E-state index in [1.54, 1.807) is 0 Å². The normalized spacial score (nSPS) is 13.6. The molecule has 4 heteroatoms. The molecule has 4 nitrogen and oxygen atoms in total.